The number of benzene rings is 1. The van der Waals surface area contributed by atoms with Gasteiger partial charge in [0.25, 0.3) is 0 Å². The molecule has 6 heteroatoms. The highest BCUT2D eigenvalue weighted by Gasteiger charge is 2.13. The number of amides is 1. The third-order valence-corrected chi connectivity index (χ3v) is 3.28. The van der Waals surface area contributed by atoms with E-state index in [0.717, 1.165) is 31.5 Å². The number of piperidine rings is 1. The molecule has 2 N–H and O–H groups in total. The molecule has 1 amide bonds. The fourth-order valence-electron chi connectivity index (χ4n) is 2.20. The topological polar surface area (TPSA) is 50.4 Å². The van der Waals surface area contributed by atoms with Crippen LogP contribution < -0.4 is 10.6 Å². The van der Waals surface area contributed by atoms with E-state index in [-0.39, 0.29) is 12.3 Å². The summed E-state index contributed by atoms with van der Waals surface area (Å²) in [5.41, 5.74) is -0.0906. The molecule has 1 heterocycles. The highest BCUT2D eigenvalue weighted by atomic mass is 19.1. The second kappa shape index (κ2) is 7.19. The standard InChI is InChI=1S/C14H18F2N2O2/c15-10-4-5-13(12(16)9-10)18-14(19)20-8-6-11-3-1-2-7-17-11/h4-5,9,11,17H,1-3,6-8H2,(H,18,19). The molecule has 0 aliphatic carbocycles. The summed E-state index contributed by atoms with van der Waals surface area (Å²) >= 11 is 0. The predicted octanol–water partition coefficient (Wildman–Crippen LogP) is 3.05. The maximum absolute atomic E-state index is 13.3. The van der Waals surface area contributed by atoms with Crippen molar-refractivity contribution in [3.63, 3.8) is 0 Å². The van der Waals surface area contributed by atoms with E-state index < -0.39 is 17.7 Å². The van der Waals surface area contributed by atoms with Crippen molar-refractivity contribution in [2.75, 3.05) is 18.5 Å². The smallest absolute Gasteiger partial charge is 0.411 e. The third kappa shape index (κ3) is 4.45. The molecule has 0 bridgehead atoms. The van der Waals surface area contributed by atoms with Gasteiger partial charge >= 0.3 is 6.09 Å². The number of carbonyl (C=O) groups is 1. The number of hydrogen-bond acceptors (Lipinski definition) is 3. The number of carbonyl (C=O) groups excluding carboxylic acids is 1. The summed E-state index contributed by atoms with van der Waals surface area (Å²) in [6, 6.07) is 3.32. The van der Waals surface area contributed by atoms with Crippen LogP contribution in [0.25, 0.3) is 0 Å². The summed E-state index contributed by atoms with van der Waals surface area (Å²) in [4.78, 5) is 11.5. The van der Waals surface area contributed by atoms with E-state index in [1.807, 2.05) is 0 Å². The summed E-state index contributed by atoms with van der Waals surface area (Å²) in [7, 11) is 0. The van der Waals surface area contributed by atoms with E-state index in [0.29, 0.717) is 12.1 Å². The molecule has 1 aliphatic rings. The van der Waals surface area contributed by atoms with Gasteiger partial charge in [-0.15, -0.1) is 0 Å². The van der Waals surface area contributed by atoms with Gasteiger partial charge in [-0.25, -0.2) is 13.6 Å². The number of anilines is 1. The zero-order valence-electron chi connectivity index (χ0n) is 11.1. The normalized spacial score (nSPS) is 18.6. The Labute approximate surface area is 116 Å². The van der Waals surface area contributed by atoms with Crippen molar-refractivity contribution in [3.8, 4) is 0 Å². The number of nitrogens with one attached hydrogen (secondary N) is 2. The minimum absolute atomic E-state index is 0.0906. The molecule has 1 fully saturated rings. The molecule has 0 aromatic heterocycles. The molecular formula is C14H18F2N2O2. The van der Waals surface area contributed by atoms with Crippen LogP contribution in [0.1, 0.15) is 25.7 Å². The Hall–Kier alpha value is -1.69. The van der Waals surface area contributed by atoms with Gasteiger partial charge in [-0.05, 0) is 37.9 Å². The molecular weight excluding hydrogens is 266 g/mol. The van der Waals surface area contributed by atoms with Gasteiger partial charge in [0.2, 0.25) is 0 Å². The number of hydrogen-bond donors (Lipinski definition) is 2. The monoisotopic (exact) mass is 284 g/mol. The minimum Gasteiger partial charge on any atom is -0.449 e. The van der Waals surface area contributed by atoms with Crippen LogP contribution >= 0.6 is 0 Å². The molecule has 1 aliphatic heterocycles. The Kier molecular flexibility index (Phi) is 5.29. The first-order valence-electron chi connectivity index (χ1n) is 6.77. The lowest BCUT2D eigenvalue weighted by atomic mass is 10.0. The maximum atomic E-state index is 13.3. The van der Waals surface area contributed by atoms with Crippen molar-refractivity contribution in [2.24, 2.45) is 0 Å². The molecule has 1 aromatic rings. The van der Waals surface area contributed by atoms with Crippen LogP contribution in [0.3, 0.4) is 0 Å². The number of halogens is 2. The molecule has 1 atom stereocenters. The van der Waals surface area contributed by atoms with Crippen LogP contribution in [-0.4, -0.2) is 25.3 Å². The zero-order valence-corrected chi connectivity index (χ0v) is 11.1. The van der Waals surface area contributed by atoms with Crippen LogP contribution in [0.2, 0.25) is 0 Å². The maximum Gasteiger partial charge on any atom is 0.411 e. The quantitative estimate of drug-likeness (QED) is 0.893. The zero-order chi connectivity index (χ0) is 14.4. The summed E-state index contributed by atoms with van der Waals surface area (Å²) in [6.45, 7) is 1.27. The minimum atomic E-state index is -0.823. The van der Waals surface area contributed by atoms with E-state index >= 15 is 0 Å². The van der Waals surface area contributed by atoms with Gasteiger partial charge in [-0.1, -0.05) is 6.42 Å². The van der Waals surface area contributed by atoms with Crippen molar-refractivity contribution < 1.29 is 18.3 Å². The second-order valence-corrected chi connectivity index (χ2v) is 4.82. The predicted molar refractivity (Wildman–Crippen MR) is 71.6 cm³/mol. The second-order valence-electron chi connectivity index (χ2n) is 4.82. The van der Waals surface area contributed by atoms with E-state index in [2.05, 4.69) is 10.6 Å². The van der Waals surface area contributed by atoms with Crippen LogP contribution in [0.15, 0.2) is 18.2 Å². The van der Waals surface area contributed by atoms with Crippen molar-refractivity contribution in [2.45, 2.75) is 31.7 Å². The van der Waals surface area contributed by atoms with Gasteiger partial charge in [0, 0.05) is 12.1 Å². The van der Waals surface area contributed by atoms with Gasteiger partial charge in [-0.3, -0.25) is 5.32 Å². The number of rotatable bonds is 4. The Morgan fingerprint density at radius 1 is 1.40 bits per heavy atom. The summed E-state index contributed by atoms with van der Waals surface area (Å²) in [6.07, 6.45) is 3.45. The van der Waals surface area contributed by atoms with Crippen LogP contribution in [0.4, 0.5) is 19.3 Å². The van der Waals surface area contributed by atoms with Crippen molar-refractivity contribution in [1.82, 2.24) is 5.32 Å². The Bertz CT molecular complexity index is 462. The average Bonchev–Trinajstić information content (AvgIpc) is 2.43. The van der Waals surface area contributed by atoms with Crippen LogP contribution in [0, 0.1) is 11.6 Å². The van der Waals surface area contributed by atoms with E-state index in [1.165, 1.54) is 12.8 Å². The highest BCUT2D eigenvalue weighted by molar-refractivity contribution is 5.84. The van der Waals surface area contributed by atoms with Crippen molar-refractivity contribution in [3.05, 3.63) is 29.8 Å². The fourth-order valence-corrected chi connectivity index (χ4v) is 2.20. The number of ether oxygens (including phenoxy) is 1. The summed E-state index contributed by atoms with van der Waals surface area (Å²) < 4.78 is 31.0. The molecule has 2 rings (SSSR count). The lowest BCUT2D eigenvalue weighted by Gasteiger charge is -2.23. The van der Waals surface area contributed by atoms with E-state index in [4.69, 9.17) is 4.74 Å². The molecule has 1 unspecified atom stereocenters. The van der Waals surface area contributed by atoms with Crippen molar-refractivity contribution >= 4 is 11.8 Å². The lowest BCUT2D eigenvalue weighted by molar-refractivity contribution is 0.153. The van der Waals surface area contributed by atoms with E-state index in [9.17, 15) is 13.6 Å². The average molecular weight is 284 g/mol. The molecule has 20 heavy (non-hydrogen) atoms. The molecule has 110 valence electrons. The van der Waals surface area contributed by atoms with Crippen LogP contribution in [0.5, 0.6) is 0 Å². The Morgan fingerprint density at radius 2 is 2.25 bits per heavy atom. The van der Waals surface area contributed by atoms with Gasteiger partial charge in [0.05, 0.1) is 12.3 Å². The molecule has 0 radical (unpaired) electrons. The fraction of sp³-hybridized carbons (Fsp3) is 0.500. The molecule has 0 spiro atoms. The summed E-state index contributed by atoms with van der Waals surface area (Å²) in [5.74, 6) is -1.51. The first kappa shape index (κ1) is 14.7. The Balaban J connectivity index is 1.72. The first-order valence-corrected chi connectivity index (χ1v) is 6.77. The lowest BCUT2D eigenvalue weighted by Crippen LogP contribution is -2.35. The van der Waals surface area contributed by atoms with Gasteiger partial charge < -0.3 is 10.1 Å². The SMILES string of the molecule is O=C(Nc1ccc(F)cc1F)OCCC1CCCCN1. The molecule has 1 saturated heterocycles. The van der Waals surface area contributed by atoms with Gasteiger partial charge in [0.15, 0.2) is 0 Å². The van der Waals surface area contributed by atoms with Gasteiger partial charge in [-0.2, -0.15) is 0 Å². The molecule has 4 nitrogen and oxygen atoms in total. The molecule has 1 aromatic carbocycles. The Morgan fingerprint density at radius 3 is 2.95 bits per heavy atom. The third-order valence-electron chi connectivity index (χ3n) is 3.28. The van der Waals surface area contributed by atoms with E-state index in [1.54, 1.807) is 0 Å². The van der Waals surface area contributed by atoms with Gasteiger partial charge in [0.1, 0.15) is 11.6 Å². The summed E-state index contributed by atoms with van der Waals surface area (Å²) in [5, 5.41) is 5.60. The highest BCUT2D eigenvalue weighted by Crippen LogP contribution is 2.15. The largest absolute Gasteiger partial charge is 0.449 e. The van der Waals surface area contributed by atoms with Crippen LogP contribution in [-0.2, 0) is 4.74 Å². The molecule has 0 saturated carbocycles. The first-order chi connectivity index (χ1) is 9.65. The van der Waals surface area contributed by atoms with Crippen molar-refractivity contribution in [1.29, 1.82) is 0 Å².